The molecule has 20 heavy (non-hydrogen) atoms. The van der Waals surface area contributed by atoms with E-state index in [1.54, 1.807) is 12.1 Å². The van der Waals surface area contributed by atoms with E-state index in [1.165, 1.54) is 37.8 Å². The summed E-state index contributed by atoms with van der Waals surface area (Å²) in [5.74, 6) is -0.783. The predicted molar refractivity (Wildman–Crippen MR) is 74.7 cm³/mol. The summed E-state index contributed by atoms with van der Waals surface area (Å²) in [4.78, 5) is 10.4. The Bertz CT molecular complexity index is 490. The third-order valence-electron chi connectivity index (χ3n) is 3.58. The number of carboxylic acids is 1. The fraction of sp³-hybridized carbons (Fsp3) is 0.438. The first-order valence-electron chi connectivity index (χ1n) is 6.92. The molecule has 0 atom stereocenters. The van der Waals surface area contributed by atoms with Crippen molar-refractivity contribution in [2.45, 2.75) is 32.3 Å². The molecule has 0 radical (unpaired) electrons. The molecule has 1 fully saturated rings. The van der Waals surface area contributed by atoms with E-state index in [0.717, 1.165) is 6.08 Å². The lowest BCUT2D eigenvalue weighted by Crippen LogP contribution is -2.06. The van der Waals surface area contributed by atoms with Crippen molar-refractivity contribution in [3.05, 3.63) is 41.2 Å². The number of benzene rings is 1. The molecule has 1 aliphatic rings. The number of rotatable bonds is 6. The van der Waals surface area contributed by atoms with Crippen molar-refractivity contribution in [2.75, 3.05) is 6.61 Å². The van der Waals surface area contributed by atoms with Gasteiger partial charge in [0.2, 0.25) is 0 Å². The molecule has 0 bridgehead atoms. The van der Waals surface area contributed by atoms with Gasteiger partial charge in [0, 0.05) is 18.2 Å². The SMILES string of the molecule is O=C(O)C=Cc1ccc(COCC2CCCC2)c(F)c1. The highest BCUT2D eigenvalue weighted by atomic mass is 19.1. The van der Waals surface area contributed by atoms with Crippen LogP contribution in [0.15, 0.2) is 24.3 Å². The van der Waals surface area contributed by atoms with Gasteiger partial charge in [-0.05, 0) is 36.5 Å². The van der Waals surface area contributed by atoms with E-state index in [4.69, 9.17) is 9.84 Å². The van der Waals surface area contributed by atoms with E-state index in [1.807, 2.05) is 0 Å². The minimum atomic E-state index is -1.05. The van der Waals surface area contributed by atoms with Gasteiger partial charge in [-0.3, -0.25) is 0 Å². The molecule has 0 aromatic heterocycles. The number of carboxylic acid groups (broad SMARTS) is 1. The molecule has 4 heteroatoms. The van der Waals surface area contributed by atoms with Crippen molar-refractivity contribution in [1.82, 2.24) is 0 Å². The number of carbonyl (C=O) groups is 1. The van der Waals surface area contributed by atoms with Gasteiger partial charge in [-0.25, -0.2) is 9.18 Å². The van der Waals surface area contributed by atoms with Gasteiger partial charge in [-0.2, -0.15) is 0 Å². The summed E-state index contributed by atoms with van der Waals surface area (Å²) < 4.78 is 19.4. The molecule has 1 aliphatic carbocycles. The third-order valence-corrected chi connectivity index (χ3v) is 3.58. The van der Waals surface area contributed by atoms with Crippen molar-refractivity contribution in [3.8, 4) is 0 Å². The topological polar surface area (TPSA) is 46.5 Å². The van der Waals surface area contributed by atoms with Crippen molar-refractivity contribution in [1.29, 1.82) is 0 Å². The molecule has 0 spiro atoms. The normalized spacial score (nSPS) is 16.1. The Morgan fingerprint density at radius 2 is 2.15 bits per heavy atom. The molecule has 2 rings (SSSR count). The van der Waals surface area contributed by atoms with Crippen LogP contribution < -0.4 is 0 Å². The first-order valence-corrected chi connectivity index (χ1v) is 6.92. The Hall–Kier alpha value is -1.68. The second kappa shape index (κ2) is 7.20. The third kappa shape index (κ3) is 4.46. The van der Waals surface area contributed by atoms with Crippen LogP contribution in [-0.4, -0.2) is 17.7 Å². The molecule has 1 aromatic carbocycles. The molecule has 1 N–H and O–H groups in total. The fourth-order valence-corrected chi connectivity index (χ4v) is 2.46. The molecule has 0 saturated heterocycles. The van der Waals surface area contributed by atoms with Gasteiger partial charge in [0.05, 0.1) is 6.61 Å². The molecule has 108 valence electrons. The maximum Gasteiger partial charge on any atom is 0.328 e. The molecular formula is C16H19FO3. The first kappa shape index (κ1) is 14.7. The minimum Gasteiger partial charge on any atom is -0.478 e. The summed E-state index contributed by atoms with van der Waals surface area (Å²) in [5, 5.41) is 8.52. The van der Waals surface area contributed by atoms with Crippen LogP contribution in [0.25, 0.3) is 6.08 Å². The maximum absolute atomic E-state index is 13.8. The van der Waals surface area contributed by atoms with Crippen LogP contribution in [-0.2, 0) is 16.1 Å². The van der Waals surface area contributed by atoms with Crippen molar-refractivity contribution in [3.63, 3.8) is 0 Å². The standard InChI is InChI=1S/C16H19FO3/c17-15-9-12(6-8-16(18)19)5-7-14(15)11-20-10-13-3-1-2-4-13/h5-9,13H,1-4,10-11H2,(H,18,19). The molecule has 0 amide bonds. The van der Waals surface area contributed by atoms with Crippen LogP contribution in [0.1, 0.15) is 36.8 Å². The molecular weight excluding hydrogens is 259 g/mol. The number of ether oxygens (including phenoxy) is 1. The molecule has 1 aromatic rings. The average Bonchev–Trinajstić information content (AvgIpc) is 2.92. The minimum absolute atomic E-state index is 0.269. The summed E-state index contributed by atoms with van der Waals surface area (Å²) in [5.41, 5.74) is 1.04. The van der Waals surface area contributed by atoms with E-state index in [2.05, 4.69) is 0 Å². The van der Waals surface area contributed by atoms with Gasteiger partial charge >= 0.3 is 5.97 Å². The zero-order valence-electron chi connectivity index (χ0n) is 11.3. The van der Waals surface area contributed by atoms with E-state index < -0.39 is 5.97 Å². The average molecular weight is 278 g/mol. The summed E-state index contributed by atoms with van der Waals surface area (Å²) >= 11 is 0. The highest BCUT2D eigenvalue weighted by Gasteiger charge is 2.15. The Morgan fingerprint density at radius 3 is 2.80 bits per heavy atom. The molecule has 3 nitrogen and oxygen atoms in total. The Labute approximate surface area is 118 Å². The van der Waals surface area contributed by atoms with Crippen molar-refractivity contribution < 1.29 is 19.0 Å². The second-order valence-corrected chi connectivity index (χ2v) is 5.19. The molecule has 1 saturated carbocycles. The summed E-state index contributed by atoms with van der Waals surface area (Å²) in [6, 6.07) is 4.66. The predicted octanol–water partition coefficient (Wildman–Crippen LogP) is 3.63. The number of aliphatic carboxylic acids is 1. The van der Waals surface area contributed by atoms with Gasteiger partial charge in [0.15, 0.2) is 0 Å². The van der Waals surface area contributed by atoms with Crippen molar-refractivity contribution >= 4 is 12.0 Å². The van der Waals surface area contributed by atoms with Gasteiger partial charge in [-0.1, -0.05) is 25.0 Å². The Kier molecular flexibility index (Phi) is 5.30. The van der Waals surface area contributed by atoms with Gasteiger partial charge in [0.1, 0.15) is 5.82 Å². The van der Waals surface area contributed by atoms with Crippen LogP contribution in [0.4, 0.5) is 4.39 Å². The van der Waals surface area contributed by atoms with Crippen LogP contribution in [0.3, 0.4) is 0 Å². The summed E-state index contributed by atoms with van der Waals surface area (Å²) in [7, 11) is 0. The van der Waals surface area contributed by atoms with Crippen LogP contribution in [0.5, 0.6) is 0 Å². The zero-order valence-corrected chi connectivity index (χ0v) is 11.3. The lowest BCUT2D eigenvalue weighted by atomic mass is 10.1. The molecule has 0 aliphatic heterocycles. The van der Waals surface area contributed by atoms with Crippen LogP contribution in [0, 0.1) is 11.7 Å². The largest absolute Gasteiger partial charge is 0.478 e. The molecule has 0 heterocycles. The Morgan fingerprint density at radius 1 is 1.40 bits per heavy atom. The molecule has 0 unspecified atom stereocenters. The highest BCUT2D eigenvalue weighted by molar-refractivity contribution is 5.85. The van der Waals surface area contributed by atoms with Gasteiger partial charge in [0.25, 0.3) is 0 Å². The number of hydrogen-bond donors (Lipinski definition) is 1. The summed E-state index contributed by atoms with van der Waals surface area (Å²) in [6.07, 6.45) is 7.32. The zero-order chi connectivity index (χ0) is 14.4. The van der Waals surface area contributed by atoms with E-state index in [0.29, 0.717) is 23.7 Å². The lowest BCUT2D eigenvalue weighted by Gasteiger charge is -2.10. The number of halogens is 1. The quantitative estimate of drug-likeness (QED) is 0.808. The monoisotopic (exact) mass is 278 g/mol. The lowest BCUT2D eigenvalue weighted by molar-refractivity contribution is -0.131. The van der Waals surface area contributed by atoms with Crippen molar-refractivity contribution in [2.24, 2.45) is 5.92 Å². The Balaban J connectivity index is 1.86. The first-order chi connectivity index (χ1) is 9.65. The maximum atomic E-state index is 13.8. The van der Waals surface area contributed by atoms with Gasteiger partial charge in [-0.15, -0.1) is 0 Å². The smallest absolute Gasteiger partial charge is 0.328 e. The van der Waals surface area contributed by atoms with Gasteiger partial charge < -0.3 is 9.84 Å². The fourth-order valence-electron chi connectivity index (χ4n) is 2.46. The van der Waals surface area contributed by atoms with E-state index in [-0.39, 0.29) is 12.4 Å². The van der Waals surface area contributed by atoms with E-state index >= 15 is 0 Å². The van der Waals surface area contributed by atoms with Crippen LogP contribution in [0.2, 0.25) is 0 Å². The second-order valence-electron chi connectivity index (χ2n) is 5.19. The number of hydrogen-bond acceptors (Lipinski definition) is 2. The van der Waals surface area contributed by atoms with E-state index in [9.17, 15) is 9.18 Å². The summed E-state index contributed by atoms with van der Waals surface area (Å²) in [6.45, 7) is 0.964. The highest BCUT2D eigenvalue weighted by Crippen LogP contribution is 2.25. The van der Waals surface area contributed by atoms with Crippen LogP contribution >= 0.6 is 0 Å².